The number of pyridine rings is 1. The molecule has 0 aliphatic carbocycles. The number of nitrogens with zero attached hydrogens (tertiary/aromatic N) is 3. The van der Waals surface area contributed by atoms with E-state index < -0.39 is 10.9 Å². The number of carbonyl (C=O) groups excluding carboxylic acids is 1. The Morgan fingerprint density at radius 3 is 2.65 bits per heavy atom. The molecule has 1 aromatic heterocycles. The minimum absolute atomic E-state index is 0.000136. The van der Waals surface area contributed by atoms with Crippen LogP contribution in [0.2, 0.25) is 0 Å². The summed E-state index contributed by atoms with van der Waals surface area (Å²) in [4.78, 5) is 29.5. The molecule has 1 aliphatic heterocycles. The fourth-order valence-corrected chi connectivity index (χ4v) is 2.93. The van der Waals surface area contributed by atoms with Crippen LogP contribution in [-0.4, -0.2) is 36.1 Å². The predicted octanol–water partition coefficient (Wildman–Crippen LogP) is 3.21. The molecule has 0 N–H and O–H groups in total. The molecule has 0 amide bonds. The molecule has 1 aliphatic rings. The van der Waals surface area contributed by atoms with Crippen LogP contribution in [-0.2, 0) is 0 Å². The van der Waals surface area contributed by atoms with Crippen molar-refractivity contribution < 1.29 is 19.2 Å². The highest BCUT2D eigenvalue weighted by Gasteiger charge is 2.23. The average Bonchev–Trinajstić information content (AvgIpc) is 2.68. The summed E-state index contributed by atoms with van der Waals surface area (Å²) in [6.07, 6.45) is 4.89. The maximum absolute atomic E-state index is 12.7. The summed E-state index contributed by atoms with van der Waals surface area (Å²) in [5.74, 6) is 0.187. The molecule has 0 radical (unpaired) electrons. The number of nitro groups is 1. The van der Waals surface area contributed by atoms with E-state index in [1.165, 1.54) is 25.3 Å². The maximum Gasteiger partial charge on any atom is 0.347 e. The lowest BCUT2D eigenvalue weighted by Crippen LogP contribution is -2.32. The Balaban J connectivity index is 1.89. The Morgan fingerprint density at radius 1 is 1.19 bits per heavy atom. The first-order valence-electron chi connectivity index (χ1n) is 8.34. The Kier molecular flexibility index (Phi) is 5.31. The lowest BCUT2D eigenvalue weighted by molar-refractivity contribution is -0.384. The van der Waals surface area contributed by atoms with Crippen molar-refractivity contribution in [1.29, 1.82) is 0 Å². The van der Waals surface area contributed by atoms with Gasteiger partial charge < -0.3 is 14.4 Å². The Bertz CT molecular complexity index is 818. The van der Waals surface area contributed by atoms with Crippen LogP contribution in [0.3, 0.4) is 0 Å². The van der Waals surface area contributed by atoms with Crippen LogP contribution in [0.4, 0.5) is 11.5 Å². The number of benzene rings is 1. The van der Waals surface area contributed by atoms with E-state index in [0.717, 1.165) is 32.4 Å². The van der Waals surface area contributed by atoms with Gasteiger partial charge in [-0.3, -0.25) is 10.1 Å². The molecule has 136 valence electrons. The summed E-state index contributed by atoms with van der Waals surface area (Å²) in [5.41, 5.74) is 0.138. The number of ether oxygens (including phenoxy) is 2. The molecule has 1 fully saturated rings. The highest BCUT2D eigenvalue weighted by Crippen LogP contribution is 2.32. The molecule has 0 bridgehead atoms. The zero-order valence-electron chi connectivity index (χ0n) is 14.4. The lowest BCUT2D eigenvalue weighted by Gasteiger charge is -2.28. The van der Waals surface area contributed by atoms with Crippen LogP contribution in [0, 0.1) is 10.1 Å². The second-order valence-corrected chi connectivity index (χ2v) is 5.90. The van der Waals surface area contributed by atoms with E-state index in [1.54, 1.807) is 18.3 Å². The standard InChI is InChI=1S/C18H19N3O5/c1-25-15-8-7-13(21(23)24)12-16(15)26-18(22)14-6-5-9-19-17(14)20-10-3-2-4-11-20/h5-9,12H,2-4,10-11H2,1H3. The normalized spacial score (nSPS) is 14.0. The van der Waals surface area contributed by atoms with Crippen LogP contribution in [0.15, 0.2) is 36.5 Å². The molecular weight excluding hydrogens is 338 g/mol. The molecular formula is C18H19N3O5. The van der Waals surface area contributed by atoms with Crippen LogP contribution in [0.1, 0.15) is 29.6 Å². The third-order valence-electron chi connectivity index (χ3n) is 4.22. The smallest absolute Gasteiger partial charge is 0.347 e. The first kappa shape index (κ1) is 17.7. The molecule has 0 saturated carbocycles. The average molecular weight is 357 g/mol. The second-order valence-electron chi connectivity index (χ2n) is 5.90. The molecule has 2 heterocycles. The summed E-state index contributed by atoms with van der Waals surface area (Å²) in [7, 11) is 1.40. The fraction of sp³-hybridized carbons (Fsp3) is 0.333. The monoisotopic (exact) mass is 357 g/mol. The van der Waals surface area contributed by atoms with Crippen molar-refractivity contribution in [2.45, 2.75) is 19.3 Å². The number of nitro benzene ring substituents is 1. The Morgan fingerprint density at radius 2 is 1.96 bits per heavy atom. The Hall–Kier alpha value is -3.16. The van der Waals surface area contributed by atoms with E-state index in [4.69, 9.17) is 9.47 Å². The number of methoxy groups -OCH3 is 1. The Labute approximate surface area is 150 Å². The number of rotatable bonds is 5. The van der Waals surface area contributed by atoms with E-state index >= 15 is 0 Å². The quantitative estimate of drug-likeness (QED) is 0.351. The summed E-state index contributed by atoms with van der Waals surface area (Å²) < 4.78 is 10.5. The molecule has 0 spiro atoms. The number of anilines is 1. The largest absolute Gasteiger partial charge is 0.493 e. The van der Waals surface area contributed by atoms with E-state index in [1.807, 2.05) is 0 Å². The topological polar surface area (TPSA) is 94.8 Å². The molecule has 1 saturated heterocycles. The molecule has 0 unspecified atom stereocenters. The molecule has 8 heteroatoms. The zero-order chi connectivity index (χ0) is 18.5. The number of hydrogen-bond donors (Lipinski definition) is 0. The number of piperidine rings is 1. The third kappa shape index (κ3) is 3.74. The summed E-state index contributed by atoms with van der Waals surface area (Å²) >= 11 is 0. The molecule has 1 aromatic carbocycles. The van der Waals surface area contributed by atoms with Gasteiger partial charge in [0, 0.05) is 25.4 Å². The van der Waals surface area contributed by atoms with Gasteiger partial charge >= 0.3 is 5.97 Å². The van der Waals surface area contributed by atoms with Gasteiger partial charge in [-0.2, -0.15) is 0 Å². The van der Waals surface area contributed by atoms with Crippen molar-refractivity contribution in [3.63, 3.8) is 0 Å². The summed E-state index contributed by atoms with van der Waals surface area (Å²) in [5, 5.41) is 11.0. The van der Waals surface area contributed by atoms with Gasteiger partial charge in [-0.05, 0) is 37.5 Å². The van der Waals surface area contributed by atoms with Crippen molar-refractivity contribution in [1.82, 2.24) is 4.98 Å². The van der Waals surface area contributed by atoms with Gasteiger partial charge in [0.15, 0.2) is 11.5 Å². The number of non-ortho nitro benzene ring substituents is 1. The molecule has 0 atom stereocenters. The number of esters is 1. The number of aromatic nitrogens is 1. The van der Waals surface area contributed by atoms with Gasteiger partial charge in [-0.15, -0.1) is 0 Å². The van der Waals surface area contributed by atoms with E-state index in [9.17, 15) is 14.9 Å². The third-order valence-corrected chi connectivity index (χ3v) is 4.22. The SMILES string of the molecule is COc1ccc([N+](=O)[O-])cc1OC(=O)c1cccnc1N1CCCCC1. The molecule has 26 heavy (non-hydrogen) atoms. The number of hydrogen-bond acceptors (Lipinski definition) is 7. The molecule has 3 rings (SSSR count). The summed E-state index contributed by atoms with van der Waals surface area (Å²) in [6.45, 7) is 1.66. The highest BCUT2D eigenvalue weighted by atomic mass is 16.6. The van der Waals surface area contributed by atoms with Crippen molar-refractivity contribution in [2.75, 3.05) is 25.1 Å². The zero-order valence-corrected chi connectivity index (χ0v) is 14.4. The summed E-state index contributed by atoms with van der Waals surface area (Å²) in [6, 6.07) is 7.17. The predicted molar refractivity (Wildman–Crippen MR) is 94.9 cm³/mol. The molecule has 2 aromatic rings. The van der Waals surface area contributed by atoms with Gasteiger partial charge in [0.05, 0.1) is 18.1 Å². The minimum Gasteiger partial charge on any atom is -0.493 e. The van der Waals surface area contributed by atoms with Gasteiger partial charge in [0.1, 0.15) is 11.4 Å². The van der Waals surface area contributed by atoms with Crippen LogP contribution < -0.4 is 14.4 Å². The molecule has 8 nitrogen and oxygen atoms in total. The minimum atomic E-state index is -0.627. The number of carbonyl (C=O) groups is 1. The first-order chi connectivity index (χ1) is 12.6. The van der Waals surface area contributed by atoms with Crippen molar-refractivity contribution in [3.05, 3.63) is 52.2 Å². The van der Waals surface area contributed by atoms with Crippen LogP contribution >= 0.6 is 0 Å². The van der Waals surface area contributed by atoms with Gasteiger partial charge in [-0.1, -0.05) is 0 Å². The van der Waals surface area contributed by atoms with Gasteiger partial charge in [0.2, 0.25) is 0 Å². The van der Waals surface area contributed by atoms with Crippen molar-refractivity contribution >= 4 is 17.5 Å². The fourth-order valence-electron chi connectivity index (χ4n) is 2.93. The first-order valence-corrected chi connectivity index (χ1v) is 8.34. The van der Waals surface area contributed by atoms with E-state index in [2.05, 4.69) is 9.88 Å². The lowest BCUT2D eigenvalue weighted by atomic mass is 10.1. The van der Waals surface area contributed by atoms with Crippen LogP contribution in [0.25, 0.3) is 0 Å². The van der Waals surface area contributed by atoms with Gasteiger partial charge in [0.25, 0.3) is 5.69 Å². The maximum atomic E-state index is 12.7. The van der Waals surface area contributed by atoms with Crippen LogP contribution in [0.5, 0.6) is 11.5 Å². The van der Waals surface area contributed by atoms with Crippen molar-refractivity contribution in [2.24, 2.45) is 0 Å². The van der Waals surface area contributed by atoms with E-state index in [0.29, 0.717) is 11.4 Å². The van der Waals surface area contributed by atoms with Gasteiger partial charge in [-0.25, -0.2) is 9.78 Å². The van der Waals surface area contributed by atoms with E-state index in [-0.39, 0.29) is 17.2 Å². The van der Waals surface area contributed by atoms with Crippen molar-refractivity contribution in [3.8, 4) is 11.5 Å². The highest BCUT2D eigenvalue weighted by molar-refractivity contribution is 5.96. The second kappa shape index (κ2) is 7.81.